The van der Waals surface area contributed by atoms with Crippen LogP contribution in [0.5, 0.6) is 0 Å². The van der Waals surface area contributed by atoms with Crippen molar-refractivity contribution in [1.29, 1.82) is 0 Å². The van der Waals surface area contributed by atoms with E-state index in [1.54, 1.807) is 22.7 Å². The second-order valence-corrected chi connectivity index (χ2v) is 5.64. The Bertz CT molecular complexity index is 608. The van der Waals surface area contributed by atoms with E-state index < -0.39 is 0 Å². The van der Waals surface area contributed by atoms with Crippen molar-refractivity contribution in [3.05, 3.63) is 34.0 Å². The van der Waals surface area contributed by atoms with Crippen LogP contribution in [0, 0.1) is 0 Å². The number of rotatable bonds is 3. The number of aromatic nitrogens is 3. The van der Waals surface area contributed by atoms with E-state index in [1.165, 1.54) is 11.3 Å². The minimum atomic E-state index is -0.0261. The van der Waals surface area contributed by atoms with Gasteiger partial charge in [0.2, 0.25) is 0 Å². The van der Waals surface area contributed by atoms with Gasteiger partial charge in [-0.3, -0.25) is 9.48 Å². The van der Waals surface area contributed by atoms with E-state index in [1.807, 2.05) is 18.1 Å². The average Bonchev–Trinajstić information content (AvgIpc) is 3.06. The maximum absolute atomic E-state index is 12.4. The number of amides is 1. The molecule has 0 spiro atoms. The molecule has 1 aliphatic rings. The highest BCUT2D eigenvalue weighted by atomic mass is 32.1. The van der Waals surface area contributed by atoms with Gasteiger partial charge in [0, 0.05) is 50.3 Å². The van der Waals surface area contributed by atoms with Crippen LogP contribution in [-0.4, -0.2) is 45.8 Å². The lowest BCUT2D eigenvalue weighted by atomic mass is 9.97. The van der Waals surface area contributed by atoms with Gasteiger partial charge in [-0.05, 0) is 0 Å². The Balaban J connectivity index is 1.87. The van der Waals surface area contributed by atoms with Gasteiger partial charge in [0.25, 0.3) is 5.91 Å². The summed E-state index contributed by atoms with van der Waals surface area (Å²) in [5.74, 6) is 0.0920. The van der Waals surface area contributed by atoms with E-state index >= 15 is 0 Å². The molecule has 0 radical (unpaired) electrons. The van der Waals surface area contributed by atoms with Gasteiger partial charge in [0.05, 0.1) is 17.8 Å². The van der Waals surface area contributed by atoms with E-state index in [4.69, 9.17) is 4.74 Å². The van der Waals surface area contributed by atoms with Crippen LogP contribution in [-0.2, 0) is 18.3 Å². The quantitative estimate of drug-likeness (QED) is 0.854. The summed E-state index contributed by atoms with van der Waals surface area (Å²) in [4.78, 5) is 18.4. The Hall–Kier alpha value is -1.73. The number of nitrogens with zero attached hydrogens (tertiary/aromatic N) is 4. The minimum Gasteiger partial charge on any atom is -0.384 e. The fourth-order valence-corrected chi connectivity index (χ4v) is 3.14. The largest absolute Gasteiger partial charge is 0.384 e. The molecule has 0 aromatic carbocycles. The molecular formula is C13H16N4O2S. The number of ether oxygens (including phenoxy) is 1. The summed E-state index contributed by atoms with van der Waals surface area (Å²) in [6, 6.07) is 0. The fraction of sp³-hybridized carbons (Fsp3) is 0.462. The molecule has 0 saturated carbocycles. The SMILES string of the molecule is COC[C@H]1CN(C(=O)c2cscn2)Cc2cn(C)nc21. The van der Waals surface area contributed by atoms with Crippen molar-refractivity contribution >= 4 is 17.2 Å². The molecule has 2 aromatic heterocycles. The lowest BCUT2D eigenvalue weighted by Crippen LogP contribution is -2.39. The van der Waals surface area contributed by atoms with Crippen LogP contribution < -0.4 is 0 Å². The molecule has 0 saturated heterocycles. The Labute approximate surface area is 121 Å². The first kappa shape index (κ1) is 13.3. The van der Waals surface area contributed by atoms with E-state index in [0.717, 1.165) is 11.3 Å². The summed E-state index contributed by atoms with van der Waals surface area (Å²) >= 11 is 1.43. The number of fused-ring (bicyclic) bond motifs is 1. The smallest absolute Gasteiger partial charge is 0.273 e. The molecule has 0 aliphatic carbocycles. The third-order valence-corrected chi connectivity index (χ3v) is 4.02. The zero-order chi connectivity index (χ0) is 14.1. The van der Waals surface area contributed by atoms with E-state index in [0.29, 0.717) is 25.4 Å². The highest BCUT2D eigenvalue weighted by Gasteiger charge is 2.31. The fourth-order valence-electron chi connectivity index (χ4n) is 2.61. The third-order valence-electron chi connectivity index (χ3n) is 3.43. The van der Waals surface area contributed by atoms with Gasteiger partial charge in [-0.15, -0.1) is 11.3 Å². The predicted octanol–water partition coefficient (Wildman–Crippen LogP) is 1.26. The number of hydrogen-bond donors (Lipinski definition) is 0. The van der Waals surface area contributed by atoms with Gasteiger partial charge in [-0.25, -0.2) is 4.98 Å². The Morgan fingerprint density at radius 1 is 1.60 bits per heavy atom. The zero-order valence-electron chi connectivity index (χ0n) is 11.4. The lowest BCUT2D eigenvalue weighted by Gasteiger charge is -2.31. The van der Waals surface area contributed by atoms with Crippen LogP contribution in [0.2, 0.25) is 0 Å². The molecule has 1 atom stereocenters. The number of thiazole rings is 1. The standard InChI is InChI=1S/C13H16N4O2S/c1-16-3-9-4-17(13(18)11-7-20-8-14-11)5-10(6-19-2)12(9)15-16/h3,7-8,10H,4-6H2,1-2H3/t10-/m1/s1. The molecule has 1 aliphatic heterocycles. The Morgan fingerprint density at radius 2 is 2.45 bits per heavy atom. The Morgan fingerprint density at radius 3 is 3.15 bits per heavy atom. The summed E-state index contributed by atoms with van der Waals surface area (Å²) in [5.41, 5.74) is 4.32. The molecule has 2 aromatic rings. The first-order valence-electron chi connectivity index (χ1n) is 6.38. The normalized spacial score (nSPS) is 18.1. The average molecular weight is 292 g/mol. The second kappa shape index (κ2) is 5.34. The van der Waals surface area contributed by atoms with Crippen molar-refractivity contribution < 1.29 is 9.53 Å². The molecule has 3 heterocycles. The van der Waals surface area contributed by atoms with Gasteiger partial charge in [-0.1, -0.05) is 0 Å². The number of carbonyl (C=O) groups is 1. The van der Waals surface area contributed by atoms with Gasteiger partial charge >= 0.3 is 0 Å². The zero-order valence-corrected chi connectivity index (χ0v) is 12.3. The van der Waals surface area contributed by atoms with Gasteiger partial charge < -0.3 is 9.64 Å². The number of methoxy groups -OCH3 is 1. The minimum absolute atomic E-state index is 0.0261. The molecule has 0 fully saturated rings. The lowest BCUT2D eigenvalue weighted by molar-refractivity contribution is 0.0673. The molecule has 1 amide bonds. The molecular weight excluding hydrogens is 276 g/mol. The maximum atomic E-state index is 12.4. The van der Waals surface area contributed by atoms with Crippen molar-refractivity contribution in [2.45, 2.75) is 12.5 Å². The molecule has 6 nitrogen and oxygen atoms in total. The topological polar surface area (TPSA) is 60.2 Å². The molecule has 0 unspecified atom stereocenters. The number of hydrogen-bond acceptors (Lipinski definition) is 5. The van der Waals surface area contributed by atoms with Gasteiger partial charge in [0.1, 0.15) is 5.69 Å². The van der Waals surface area contributed by atoms with Crippen molar-refractivity contribution in [2.24, 2.45) is 7.05 Å². The summed E-state index contributed by atoms with van der Waals surface area (Å²) in [7, 11) is 3.57. The van der Waals surface area contributed by atoms with Gasteiger partial charge in [-0.2, -0.15) is 5.10 Å². The summed E-state index contributed by atoms with van der Waals surface area (Å²) in [6.07, 6.45) is 1.97. The van der Waals surface area contributed by atoms with Crippen LogP contribution in [0.15, 0.2) is 17.1 Å². The summed E-state index contributed by atoms with van der Waals surface area (Å²) in [6.45, 7) is 1.76. The first-order valence-corrected chi connectivity index (χ1v) is 7.32. The molecule has 0 bridgehead atoms. The van der Waals surface area contributed by atoms with E-state index in [9.17, 15) is 4.79 Å². The van der Waals surface area contributed by atoms with Crippen molar-refractivity contribution in [3.8, 4) is 0 Å². The maximum Gasteiger partial charge on any atom is 0.273 e. The van der Waals surface area contributed by atoms with Crippen LogP contribution in [0.25, 0.3) is 0 Å². The molecule has 106 valence electrons. The molecule has 0 N–H and O–H groups in total. The predicted molar refractivity (Wildman–Crippen MR) is 74.7 cm³/mol. The van der Waals surface area contributed by atoms with Crippen LogP contribution in [0.3, 0.4) is 0 Å². The number of carbonyl (C=O) groups excluding carboxylic acids is 1. The molecule has 20 heavy (non-hydrogen) atoms. The summed E-state index contributed by atoms with van der Waals surface area (Å²) < 4.78 is 7.06. The molecule has 3 rings (SSSR count). The monoisotopic (exact) mass is 292 g/mol. The summed E-state index contributed by atoms with van der Waals surface area (Å²) in [5, 5.41) is 6.28. The highest BCUT2D eigenvalue weighted by molar-refractivity contribution is 7.07. The van der Waals surface area contributed by atoms with Crippen LogP contribution >= 0.6 is 11.3 Å². The molecule has 7 heteroatoms. The second-order valence-electron chi connectivity index (χ2n) is 4.92. The Kier molecular flexibility index (Phi) is 3.54. The van der Waals surface area contributed by atoms with Crippen molar-refractivity contribution in [3.63, 3.8) is 0 Å². The highest BCUT2D eigenvalue weighted by Crippen LogP contribution is 2.28. The van der Waals surface area contributed by atoms with E-state index in [2.05, 4.69) is 10.1 Å². The third kappa shape index (κ3) is 2.34. The first-order chi connectivity index (χ1) is 9.69. The van der Waals surface area contributed by atoms with Crippen molar-refractivity contribution in [2.75, 3.05) is 20.3 Å². The van der Waals surface area contributed by atoms with Crippen LogP contribution in [0.4, 0.5) is 0 Å². The number of aryl methyl sites for hydroxylation is 1. The van der Waals surface area contributed by atoms with Crippen molar-refractivity contribution in [1.82, 2.24) is 19.7 Å². The van der Waals surface area contributed by atoms with Crippen LogP contribution in [0.1, 0.15) is 27.7 Å². The van der Waals surface area contributed by atoms with Gasteiger partial charge in [0.15, 0.2) is 0 Å². The van der Waals surface area contributed by atoms with E-state index in [-0.39, 0.29) is 11.8 Å².